The molecule has 0 aromatic carbocycles. The largest absolute Gasteiger partial charge is 1.00 e. The fourth-order valence-corrected chi connectivity index (χ4v) is 3.61. The molecule has 8 nitrogen and oxygen atoms in total. The summed E-state index contributed by atoms with van der Waals surface area (Å²) in [5.74, 6) is 0. The summed E-state index contributed by atoms with van der Waals surface area (Å²) in [5.41, 5.74) is 0.651. The van der Waals surface area contributed by atoms with Crippen LogP contribution in [0.4, 0.5) is 0 Å². The number of aromatic nitrogens is 2. The third kappa shape index (κ3) is 4.85. The Morgan fingerprint density at radius 3 is 1.92 bits per heavy atom. The normalized spacial score (nSPS) is 11.4. The summed E-state index contributed by atoms with van der Waals surface area (Å²) in [7, 11) is -9.36. The standard InChI is InChI=1S/C12H14N2O6P2.2ClH/c1-2-10-6-5-9-14(22(18,19)20)12(10)11-7-3-4-8-13(11)21(15,16)17;;/h3-9H,2H2,1H3,(H2-2,15,16,17,18,19,20);2*1H. The highest BCUT2D eigenvalue weighted by atomic mass is 35.5. The molecule has 0 saturated heterocycles. The molecule has 2 aromatic heterocycles. The van der Waals surface area contributed by atoms with Crippen molar-refractivity contribution in [1.29, 1.82) is 0 Å². The Morgan fingerprint density at radius 2 is 1.42 bits per heavy atom. The predicted molar refractivity (Wildman–Crippen MR) is 76.5 cm³/mol. The molecule has 0 aliphatic rings. The zero-order valence-electron chi connectivity index (χ0n) is 12.4. The van der Waals surface area contributed by atoms with Gasteiger partial charge in [-0.05, 0) is 18.6 Å². The molecule has 2 rings (SSSR count). The van der Waals surface area contributed by atoms with E-state index >= 15 is 0 Å². The molecule has 0 bridgehead atoms. The summed E-state index contributed by atoms with van der Waals surface area (Å²) in [5, 5.41) is 0. The molecular formula is C12H16Cl2N2O6P2. The lowest BCUT2D eigenvalue weighted by Crippen LogP contribution is -3.00. The van der Waals surface area contributed by atoms with Crippen molar-refractivity contribution < 1.29 is 62.2 Å². The molecule has 0 aliphatic carbocycles. The van der Waals surface area contributed by atoms with Gasteiger partial charge in [-0.15, -0.1) is 8.68 Å². The van der Waals surface area contributed by atoms with Crippen molar-refractivity contribution >= 4 is 15.5 Å². The van der Waals surface area contributed by atoms with Gasteiger partial charge in [-0.3, -0.25) is 19.6 Å². The molecule has 4 N–H and O–H groups in total. The third-order valence-corrected chi connectivity index (χ3v) is 4.89. The average molecular weight is 417 g/mol. The van der Waals surface area contributed by atoms with Gasteiger partial charge in [-0.1, -0.05) is 6.92 Å². The number of nitrogens with zero attached hydrogens (tertiary/aromatic N) is 2. The minimum atomic E-state index is -4.68. The van der Waals surface area contributed by atoms with Crippen molar-refractivity contribution in [3.05, 3.63) is 48.3 Å². The Hall–Kier alpha value is -0.820. The lowest BCUT2D eigenvalue weighted by Gasteiger charge is -2.08. The lowest BCUT2D eigenvalue weighted by atomic mass is 10.1. The van der Waals surface area contributed by atoms with Crippen molar-refractivity contribution in [3.63, 3.8) is 0 Å². The second-order valence-corrected chi connectivity index (χ2v) is 7.45. The molecule has 0 fully saturated rings. The van der Waals surface area contributed by atoms with Crippen LogP contribution < -0.4 is 33.5 Å². The summed E-state index contributed by atoms with van der Waals surface area (Å²) in [4.78, 5) is 37.9. The van der Waals surface area contributed by atoms with Gasteiger partial charge in [-0.25, -0.2) is 0 Å². The second-order valence-electron chi connectivity index (χ2n) is 4.54. The molecule has 0 aliphatic heterocycles. The first kappa shape index (κ1) is 23.2. The number of aryl methyl sites for hydroxylation is 1. The molecule has 12 heteroatoms. The minimum Gasteiger partial charge on any atom is -1.00 e. The van der Waals surface area contributed by atoms with Crippen LogP contribution >= 0.6 is 15.5 Å². The third-order valence-electron chi connectivity index (χ3n) is 3.08. The molecule has 0 unspecified atom stereocenters. The molecule has 134 valence electrons. The van der Waals surface area contributed by atoms with Crippen molar-refractivity contribution in [2.45, 2.75) is 13.3 Å². The van der Waals surface area contributed by atoms with E-state index in [2.05, 4.69) is 0 Å². The van der Waals surface area contributed by atoms with E-state index in [0.29, 0.717) is 16.3 Å². The minimum absolute atomic E-state index is 0. The van der Waals surface area contributed by atoms with E-state index in [1.807, 2.05) is 0 Å². The highest BCUT2D eigenvalue weighted by Gasteiger charge is 2.41. The van der Waals surface area contributed by atoms with E-state index in [1.54, 1.807) is 13.0 Å². The maximum atomic E-state index is 11.7. The van der Waals surface area contributed by atoms with Crippen LogP contribution in [0, 0.1) is 0 Å². The molecule has 0 spiro atoms. The van der Waals surface area contributed by atoms with Gasteiger partial charge in [0.1, 0.15) is 0 Å². The van der Waals surface area contributed by atoms with E-state index in [0.717, 1.165) is 4.34 Å². The molecular weight excluding hydrogens is 401 g/mol. The number of rotatable bonds is 4. The zero-order valence-corrected chi connectivity index (χ0v) is 15.7. The van der Waals surface area contributed by atoms with Crippen LogP contribution in [-0.4, -0.2) is 19.6 Å². The Labute approximate surface area is 151 Å². The highest BCUT2D eigenvalue weighted by molar-refractivity contribution is 7.44. The molecule has 0 amide bonds. The fourth-order valence-electron chi connectivity index (χ4n) is 2.17. The number of pyridine rings is 2. The smallest absolute Gasteiger partial charge is 0.608 e. The molecule has 0 radical (unpaired) electrons. The zero-order chi connectivity index (χ0) is 16.5. The SMILES string of the molecule is CCc1ccc[n+](P(=O)(O)O)c1-c1cccc[n+]1P(=O)(O)O.[Cl-].[Cl-]. The number of hydrogen-bond donors (Lipinski definition) is 4. The quantitative estimate of drug-likeness (QED) is 0.368. The van der Waals surface area contributed by atoms with Gasteiger partial charge in [-0.2, -0.15) is 9.13 Å². The average Bonchev–Trinajstić information content (AvgIpc) is 2.44. The summed E-state index contributed by atoms with van der Waals surface area (Å²) < 4.78 is 24.8. The van der Waals surface area contributed by atoms with Crippen LogP contribution in [0.1, 0.15) is 12.5 Å². The second kappa shape index (κ2) is 8.52. The van der Waals surface area contributed by atoms with Crippen molar-refractivity contribution in [3.8, 4) is 11.4 Å². The van der Waals surface area contributed by atoms with E-state index < -0.39 is 15.5 Å². The molecule has 2 heterocycles. The van der Waals surface area contributed by atoms with Gasteiger partial charge in [0.15, 0.2) is 12.4 Å². The molecule has 0 saturated carbocycles. The van der Waals surface area contributed by atoms with E-state index in [1.165, 1.54) is 36.7 Å². The highest BCUT2D eigenvalue weighted by Crippen LogP contribution is 2.35. The summed E-state index contributed by atoms with van der Waals surface area (Å²) in [6, 6.07) is 7.50. The van der Waals surface area contributed by atoms with Crippen LogP contribution in [0.5, 0.6) is 0 Å². The Morgan fingerprint density at radius 1 is 0.875 bits per heavy atom. The monoisotopic (exact) mass is 416 g/mol. The van der Waals surface area contributed by atoms with Gasteiger partial charge >= 0.3 is 15.5 Å². The van der Waals surface area contributed by atoms with Gasteiger partial charge in [0, 0.05) is 23.8 Å². The topological polar surface area (TPSA) is 123 Å². The van der Waals surface area contributed by atoms with Crippen molar-refractivity contribution in [2.24, 2.45) is 0 Å². The van der Waals surface area contributed by atoms with Crippen LogP contribution in [0.15, 0.2) is 42.7 Å². The maximum absolute atomic E-state index is 11.7. The van der Waals surface area contributed by atoms with Crippen LogP contribution in [0.3, 0.4) is 0 Å². The first-order chi connectivity index (χ1) is 10.2. The van der Waals surface area contributed by atoms with Crippen LogP contribution in [0.25, 0.3) is 11.4 Å². The number of halogens is 2. The Bertz CT molecular complexity index is 808. The summed E-state index contributed by atoms with van der Waals surface area (Å²) in [6.45, 7) is 1.79. The van der Waals surface area contributed by atoms with E-state index in [4.69, 9.17) is 0 Å². The van der Waals surface area contributed by atoms with Crippen LogP contribution in [-0.2, 0) is 15.6 Å². The summed E-state index contributed by atoms with van der Waals surface area (Å²) in [6.07, 6.45) is 2.80. The van der Waals surface area contributed by atoms with E-state index in [-0.39, 0.29) is 36.2 Å². The Balaban J connectivity index is 0.00000264. The van der Waals surface area contributed by atoms with Gasteiger partial charge in [0.2, 0.25) is 0 Å². The van der Waals surface area contributed by atoms with Crippen molar-refractivity contribution in [1.82, 2.24) is 0 Å². The fraction of sp³-hybridized carbons (Fsp3) is 0.167. The van der Waals surface area contributed by atoms with Gasteiger partial charge < -0.3 is 24.8 Å². The molecule has 0 atom stereocenters. The summed E-state index contributed by atoms with van der Waals surface area (Å²) >= 11 is 0. The van der Waals surface area contributed by atoms with E-state index in [9.17, 15) is 28.7 Å². The maximum Gasteiger partial charge on any atom is 0.608 e. The molecule has 2 aromatic rings. The van der Waals surface area contributed by atoms with Gasteiger partial charge in [0.05, 0.1) is 0 Å². The first-order valence-electron chi connectivity index (χ1n) is 6.33. The van der Waals surface area contributed by atoms with Gasteiger partial charge in [0.25, 0.3) is 11.4 Å². The Kier molecular flexibility index (Phi) is 8.23. The lowest BCUT2D eigenvalue weighted by molar-refractivity contribution is -0.560. The predicted octanol–water partition coefficient (Wildman–Crippen LogP) is -5.62. The first-order valence-corrected chi connectivity index (χ1v) is 9.46. The van der Waals surface area contributed by atoms with Crippen molar-refractivity contribution in [2.75, 3.05) is 0 Å². The number of hydrogen-bond acceptors (Lipinski definition) is 2. The molecule has 24 heavy (non-hydrogen) atoms. The van der Waals surface area contributed by atoms with Crippen LogP contribution in [0.2, 0.25) is 0 Å².